The van der Waals surface area contributed by atoms with Gasteiger partial charge in [-0.3, -0.25) is 13.7 Å². The summed E-state index contributed by atoms with van der Waals surface area (Å²) in [7, 11) is -3.77. The zero-order valence-electron chi connectivity index (χ0n) is 8.55. The quantitative estimate of drug-likeness (QED) is 0.624. The molecule has 2 rings (SSSR count). The first-order chi connectivity index (χ1) is 7.50. The molecule has 92 valence electrons. The second-order valence-corrected chi connectivity index (χ2v) is 5.76. The lowest BCUT2D eigenvalue weighted by Gasteiger charge is -2.19. The highest BCUT2D eigenvalue weighted by Crippen LogP contribution is 2.10. The Morgan fingerprint density at radius 3 is 2.25 bits per heavy atom. The molecular weight excluding hydrogens is 252 g/mol. The van der Waals surface area contributed by atoms with E-state index in [1.54, 1.807) is 5.38 Å². The van der Waals surface area contributed by atoms with E-state index in [0.717, 1.165) is 0 Å². The number of hydrogen-bond donors (Lipinski definition) is 3. The Morgan fingerprint density at radius 1 is 1.38 bits per heavy atom. The molecule has 0 aliphatic carbocycles. The Labute approximate surface area is 97.6 Å². The van der Waals surface area contributed by atoms with Crippen LogP contribution in [0.2, 0.25) is 0 Å². The summed E-state index contributed by atoms with van der Waals surface area (Å²) in [5.41, 5.74) is -0.0139. The fourth-order valence-electron chi connectivity index (χ4n) is 1.32. The van der Waals surface area contributed by atoms with Crippen molar-refractivity contribution in [1.82, 2.24) is 9.69 Å². The zero-order chi connectivity index (χ0) is 12.0. The molecule has 0 aromatic carbocycles. The molecule has 16 heavy (non-hydrogen) atoms. The van der Waals surface area contributed by atoms with Crippen molar-refractivity contribution >= 4 is 21.7 Å². The van der Waals surface area contributed by atoms with Crippen LogP contribution in [0.5, 0.6) is 0 Å². The van der Waals surface area contributed by atoms with Gasteiger partial charge >= 0.3 is 0 Å². The number of piperidine rings is 1. The van der Waals surface area contributed by atoms with Gasteiger partial charge in [-0.25, -0.2) is 0 Å². The molecule has 1 aliphatic heterocycles. The van der Waals surface area contributed by atoms with E-state index in [1.165, 1.54) is 17.6 Å². The van der Waals surface area contributed by atoms with Gasteiger partial charge < -0.3 is 5.32 Å². The van der Waals surface area contributed by atoms with E-state index in [2.05, 4.69) is 9.69 Å². The van der Waals surface area contributed by atoms with Gasteiger partial charge in [0.25, 0.3) is 15.7 Å². The molecule has 1 saturated heterocycles. The summed E-state index contributed by atoms with van der Waals surface area (Å²) in [5.74, 6) is 0. The first-order valence-electron chi connectivity index (χ1n) is 4.79. The van der Waals surface area contributed by atoms with Crippen LogP contribution in [0.15, 0.2) is 16.2 Å². The van der Waals surface area contributed by atoms with E-state index in [9.17, 15) is 13.2 Å². The summed E-state index contributed by atoms with van der Waals surface area (Å²) in [4.78, 5) is 10.0. The molecule has 1 aromatic heterocycles. The third-order valence-corrected chi connectivity index (χ3v) is 4.06. The van der Waals surface area contributed by atoms with Crippen LogP contribution in [0.3, 0.4) is 0 Å². The molecule has 0 bridgehead atoms. The Balaban J connectivity index is 0.000000181. The van der Waals surface area contributed by atoms with Crippen molar-refractivity contribution in [2.45, 2.75) is 18.1 Å². The molecular formula is C8H14N2O4S2. The molecule has 2 heterocycles. The average Bonchev–Trinajstić information content (AvgIpc) is 2.70. The monoisotopic (exact) mass is 266 g/mol. The molecule has 0 atom stereocenters. The normalized spacial score (nSPS) is 17.6. The van der Waals surface area contributed by atoms with Crippen molar-refractivity contribution in [2.75, 3.05) is 13.1 Å². The largest absolute Gasteiger partial charge is 0.317 e. The van der Waals surface area contributed by atoms with Crippen molar-refractivity contribution in [2.24, 2.45) is 0 Å². The number of aromatic amines is 1. The van der Waals surface area contributed by atoms with Gasteiger partial charge in [0, 0.05) is 11.4 Å². The third-order valence-electron chi connectivity index (χ3n) is 2.15. The molecule has 0 radical (unpaired) electrons. The van der Waals surface area contributed by atoms with Gasteiger partial charge in [0.05, 0.1) is 5.25 Å². The van der Waals surface area contributed by atoms with Gasteiger partial charge in [-0.2, -0.15) is 8.42 Å². The Morgan fingerprint density at radius 2 is 2.00 bits per heavy atom. The second kappa shape index (κ2) is 6.14. The van der Waals surface area contributed by atoms with Gasteiger partial charge in [0.15, 0.2) is 0 Å². The van der Waals surface area contributed by atoms with Crippen LogP contribution in [0.25, 0.3) is 0 Å². The zero-order valence-corrected chi connectivity index (χ0v) is 10.2. The molecule has 3 N–H and O–H groups in total. The highest BCUT2D eigenvalue weighted by atomic mass is 32.2. The van der Waals surface area contributed by atoms with Crippen molar-refractivity contribution < 1.29 is 13.0 Å². The summed E-state index contributed by atoms with van der Waals surface area (Å²) in [6.07, 6.45) is 1.05. The minimum Gasteiger partial charge on any atom is -0.317 e. The van der Waals surface area contributed by atoms with Gasteiger partial charge in [-0.15, -0.1) is 0 Å². The number of aromatic nitrogens is 1. The van der Waals surface area contributed by atoms with Crippen LogP contribution in [0.1, 0.15) is 12.8 Å². The highest BCUT2D eigenvalue weighted by Gasteiger charge is 2.24. The van der Waals surface area contributed by atoms with Crippen LogP contribution in [-0.2, 0) is 10.1 Å². The minimum atomic E-state index is -3.77. The summed E-state index contributed by atoms with van der Waals surface area (Å²) in [6.45, 7) is 1.37. The number of hydrogen-bond acceptors (Lipinski definition) is 5. The molecule has 1 fully saturated rings. The van der Waals surface area contributed by atoms with Gasteiger partial charge in [-0.1, -0.05) is 11.5 Å². The van der Waals surface area contributed by atoms with Crippen LogP contribution in [0.4, 0.5) is 0 Å². The first-order valence-corrected chi connectivity index (χ1v) is 7.17. The molecule has 8 heteroatoms. The summed E-state index contributed by atoms with van der Waals surface area (Å²) in [5, 5.41) is 4.19. The number of rotatable bonds is 1. The molecule has 0 saturated carbocycles. The molecule has 0 unspecified atom stereocenters. The standard InChI is InChI=1S/C5H11NO3S.C3H3NOS/c7-10(8,9)5-1-3-6-4-2-5;5-3-1-2-6-4-3/h5-6H,1-4H2,(H,7,8,9);1-2H,(H,4,5). The Hall–Kier alpha value is -0.700. The van der Waals surface area contributed by atoms with E-state index in [0.29, 0.717) is 25.9 Å². The van der Waals surface area contributed by atoms with Gasteiger partial charge in [0.2, 0.25) is 0 Å². The molecule has 6 nitrogen and oxygen atoms in total. The first kappa shape index (κ1) is 13.4. The topological polar surface area (TPSA) is 99.3 Å². The van der Waals surface area contributed by atoms with Crippen molar-refractivity contribution in [1.29, 1.82) is 0 Å². The lowest BCUT2D eigenvalue weighted by atomic mass is 10.2. The van der Waals surface area contributed by atoms with Crippen LogP contribution in [-0.4, -0.2) is 35.7 Å². The van der Waals surface area contributed by atoms with Crippen LogP contribution < -0.4 is 10.9 Å². The van der Waals surface area contributed by atoms with Gasteiger partial charge in [0.1, 0.15) is 0 Å². The molecule has 0 spiro atoms. The lowest BCUT2D eigenvalue weighted by Crippen LogP contribution is -2.35. The predicted molar refractivity (Wildman–Crippen MR) is 62.4 cm³/mol. The molecule has 1 aromatic rings. The summed E-state index contributed by atoms with van der Waals surface area (Å²) in [6, 6.07) is 1.49. The van der Waals surface area contributed by atoms with E-state index < -0.39 is 15.4 Å². The molecule has 1 aliphatic rings. The smallest absolute Gasteiger partial charge is 0.267 e. The second-order valence-electron chi connectivity index (χ2n) is 3.35. The SMILES string of the molecule is O=S(=O)(O)C1CCNCC1.O=c1ccs[nH]1. The van der Waals surface area contributed by atoms with Crippen molar-refractivity contribution in [3.63, 3.8) is 0 Å². The fraction of sp³-hybridized carbons (Fsp3) is 0.625. The Kier molecular flexibility index (Phi) is 5.13. The van der Waals surface area contributed by atoms with Gasteiger partial charge in [-0.05, 0) is 25.9 Å². The van der Waals surface area contributed by atoms with E-state index in [4.69, 9.17) is 4.55 Å². The number of nitrogens with one attached hydrogen (secondary N) is 2. The summed E-state index contributed by atoms with van der Waals surface area (Å²) < 4.78 is 32.1. The third kappa shape index (κ3) is 4.88. The minimum absolute atomic E-state index is 0.0139. The van der Waals surface area contributed by atoms with E-state index in [-0.39, 0.29) is 5.56 Å². The van der Waals surface area contributed by atoms with Crippen LogP contribution in [0, 0.1) is 0 Å². The maximum absolute atomic E-state index is 10.5. The van der Waals surface area contributed by atoms with E-state index >= 15 is 0 Å². The predicted octanol–water partition coefficient (Wildman–Crippen LogP) is 0.0626. The Bertz CT molecular complexity index is 428. The van der Waals surface area contributed by atoms with E-state index in [1.807, 2.05) is 0 Å². The average molecular weight is 266 g/mol. The fourth-order valence-corrected chi connectivity index (χ4v) is 2.59. The highest BCUT2D eigenvalue weighted by molar-refractivity contribution is 7.86. The van der Waals surface area contributed by atoms with Crippen molar-refractivity contribution in [3.8, 4) is 0 Å². The molecule has 0 amide bonds. The maximum atomic E-state index is 10.5. The maximum Gasteiger partial charge on any atom is 0.267 e. The number of H-pyrrole nitrogens is 1. The van der Waals surface area contributed by atoms with Crippen LogP contribution >= 0.6 is 11.5 Å². The lowest BCUT2D eigenvalue weighted by molar-refractivity contribution is 0.432. The summed E-state index contributed by atoms with van der Waals surface area (Å²) >= 11 is 1.30. The van der Waals surface area contributed by atoms with Crippen molar-refractivity contribution in [3.05, 3.63) is 21.8 Å².